The van der Waals surface area contributed by atoms with Crippen LogP contribution in [0.3, 0.4) is 0 Å². The van der Waals surface area contributed by atoms with E-state index in [-0.39, 0.29) is 29.6 Å². The minimum absolute atomic E-state index is 0.00482. The number of rotatable bonds is 3. The Hall–Kier alpha value is -2.53. The van der Waals surface area contributed by atoms with Crippen molar-refractivity contribution in [3.8, 4) is 0 Å². The number of nitrogens with zero attached hydrogens (tertiary/aromatic N) is 2. The van der Waals surface area contributed by atoms with Gasteiger partial charge in [0.2, 0.25) is 11.8 Å². The Morgan fingerprint density at radius 3 is 2.75 bits per heavy atom. The van der Waals surface area contributed by atoms with Gasteiger partial charge in [-0.25, -0.2) is 0 Å². The lowest BCUT2D eigenvalue weighted by Crippen LogP contribution is -2.39. The lowest BCUT2D eigenvalue weighted by molar-refractivity contribution is -0.124. The molecule has 2 aliphatic heterocycles. The van der Waals surface area contributed by atoms with Gasteiger partial charge in [-0.3, -0.25) is 9.59 Å². The van der Waals surface area contributed by atoms with Crippen molar-refractivity contribution in [3.63, 3.8) is 0 Å². The zero-order valence-corrected chi connectivity index (χ0v) is 16.9. The molecular formula is C22H24ClN3O2. The second kappa shape index (κ2) is 6.82. The predicted octanol–water partition coefficient (Wildman–Crippen LogP) is 3.68. The van der Waals surface area contributed by atoms with Gasteiger partial charge in [0.05, 0.1) is 5.92 Å². The number of carbonyl (C=O) groups is 2. The molecule has 0 radical (unpaired) electrons. The fraction of sp³-hybridized carbons (Fsp3) is 0.364. The largest absolute Gasteiger partial charge is 0.399 e. The van der Waals surface area contributed by atoms with Crippen molar-refractivity contribution in [1.82, 2.24) is 0 Å². The smallest absolute Gasteiger partial charge is 0.232 e. The van der Waals surface area contributed by atoms with Crippen LogP contribution in [-0.4, -0.2) is 24.9 Å². The van der Waals surface area contributed by atoms with Crippen molar-refractivity contribution in [1.29, 1.82) is 0 Å². The molecule has 0 spiro atoms. The zero-order valence-electron chi connectivity index (χ0n) is 16.1. The fourth-order valence-electron chi connectivity index (χ4n) is 4.24. The third kappa shape index (κ3) is 3.14. The Bertz CT molecular complexity index is 957. The topological polar surface area (TPSA) is 66.6 Å². The Labute approximate surface area is 170 Å². The maximum absolute atomic E-state index is 13.3. The van der Waals surface area contributed by atoms with E-state index in [0.29, 0.717) is 24.7 Å². The molecule has 2 heterocycles. The zero-order chi connectivity index (χ0) is 20.1. The van der Waals surface area contributed by atoms with Crippen LogP contribution in [-0.2, 0) is 20.9 Å². The van der Waals surface area contributed by atoms with Crippen LogP contribution in [0, 0.1) is 5.92 Å². The van der Waals surface area contributed by atoms with Gasteiger partial charge in [0.1, 0.15) is 0 Å². The van der Waals surface area contributed by atoms with Gasteiger partial charge in [0.15, 0.2) is 0 Å². The molecule has 1 unspecified atom stereocenters. The molecule has 1 fully saturated rings. The van der Waals surface area contributed by atoms with Gasteiger partial charge in [0, 0.05) is 47.9 Å². The summed E-state index contributed by atoms with van der Waals surface area (Å²) in [6.07, 6.45) is 0.222. The Kier molecular flexibility index (Phi) is 4.58. The number of benzene rings is 2. The van der Waals surface area contributed by atoms with E-state index in [9.17, 15) is 9.59 Å². The summed E-state index contributed by atoms with van der Waals surface area (Å²) in [5.74, 6) is 0.0533. The minimum atomic E-state index is -0.358. The summed E-state index contributed by atoms with van der Waals surface area (Å²) in [6, 6.07) is 13.3. The normalized spacial score (nSPS) is 20.5. The number of amides is 2. The van der Waals surface area contributed by atoms with Crippen molar-refractivity contribution >= 4 is 40.5 Å². The average molecular weight is 398 g/mol. The van der Waals surface area contributed by atoms with Crippen LogP contribution < -0.4 is 15.5 Å². The lowest BCUT2D eigenvalue weighted by Gasteiger charge is -2.23. The summed E-state index contributed by atoms with van der Waals surface area (Å²) in [5, 5.41) is 0. The van der Waals surface area contributed by atoms with E-state index < -0.39 is 0 Å². The van der Waals surface area contributed by atoms with Crippen molar-refractivity contribution in [3.05, 3.63) is 53.6 Å². The van der Waals surface area contributed by atoms with Crippen molar-refractivity contribution in [2.24, 2.45) is 5.92 Å². The highest BCUT2D eigenvalue weighted by atomic mass is 35.5. The molecule has 0 aliphatic carbocycles. The molecule has 5 nitrogen and oxygen atoms in total. The molecule has 2 aromatic rings. The molecule has 6 heteroatoms. The van der Waals surface area contributed by atoms with Crippen LogP contribution in [0.5, 0.6) is 0 Å². The van der Waals surface area contributed by atoms with Crippen molar-refractivity contribution in [2.75, 3.05) is 28.6 Å². The number of hydrogen-bond acceptors (Lipinski definition) is 3. The molecule has 1 saturated heterocycles. The predicted molar refractivity (Wildman–Crippen MR) is 113 cm³/mol. The first-order valence-electron chi connectivity index (χ1n) is 9.47. The highest BCUT2D eigenvalue weighted by molar-refractivity contribution is 6.17. The van der Waals surface area contributed by atoms with E-state index in [4.69, 9.17) is 17.3 Å². The van der Waals surface area contributed by atoms with Gasteiger partial charge < -0.3 is 15.5 Å². The Balaban J connectivity index is 1.59. The summed E-state index contributed by atoms with van der Waals surface area (Å²) in [5.41, 5.74) is 10.2. The molecule has 4 rings (SSSR count). The number of anilines is 3. The van der Waals surface area contributed by atoms with Crippen LogP contribution in [0.2, 0.25) is 0 Å². The van der Waals surface area contributed by atoms with Crippen molar-refractivity contribution in [2.45, 2.75) is 31.6 Å². The number of hydrogen-bond donors (Lipinski definition) is 1. The van der Waals surface area contributed by atoms with Crippen LogP contribution in [0.4, 0.5) is 17.1 Å². The molecule has 146 valence electrons. The molecular weight excluding hydrogens is 374 g/mol. The third-order valence-electron chi connectivity index (χ3n) is 5.71. The standard InChI is InChI=1S/C22H24ClN3O2/c1-22(2)13-26(19-7-6-14(11-23)8-18(19)22)21(28)15-9-20(27)25(12-15)17-5-3-4-16(24)10-17/h3-8,10,15H,9,11-13,24H2,1-2H3. The molecule has 2 N–H and O–H groups in total. The van der Waals surface area contributed by atoms with E-state index >= 15 is 0 Å². The Morgan fingerprint density at radius 2 is 2.04 bits per heavy atom. The number of alkyl halides is 1. The summed E-state index contributed by atoms with van der Waals surface area (Å²) < 4.78 is 0. The highest BCUT2D eigenvalue weighted by Gasteiger charge is 2.43. The van der Waals surface area contributed by atoms with Gasteiger partial charge in [-0.05, 0) is 35.4 Å². The fourth-order valence-corrected chi connectivity index (χ4v) is 4.41. The summed E-state index contributed by atoms with van der Waals surface area (Å²) in [7, 11) is 0. The summed E-state index contributed by atoms with van der Waals surface area (Å²) >= 11 is 5.99. The van der Waals surface area contributed by atoms with Crippen LogP contribution >= 0.6 is 11.6 Å². The van der Waals surface area contributed by atoms with Gasteiger partial charge in [-0.1, -0.05) is 32.0 Å². The molecule has 28 heavy (non-hydrogen) atoms. The summed E-state index contributed by atoms with van der Waals surface area (Å²) in [4.78, 5) is 29.4. The van der Waals surface area contributed by atoms with E-state index in [2.05, 4.69) is 19.9 Å². The first kappa shape index (κ1) is 18.8. The monoisotopic (exact) mass is 397 g/mol. The van der Waals surface area contributed by atoms with Gasteiger partial charge in [0.25, 0.3) is 0 Å². The molecule has 1 atom stereocenters. The maximum Gasteiger partial charge on any atom is 0.232 e. The second-order valence-corrected chi connectivity index (χ2v) is 8.56. The van der Waals surface area contributed by atoms with Crippen LogP contribution in [0.15, 0.2) is 42.5 Å². The third-order valence-corrected chi connectivity index (χ3v) is 6.02. The van der Waals surface area contributed by atoms with Gasteiger partial charge in [-0.15, -0.1) is 11.6 Å². The maximum atomic E-state index is 13.3. The van der Waals surface area contributed by atoms with Crippen LogP contribution in [0.25, 0.3) is 0 Å². The highest BCUT2D eigenvalue weighted by Crippen LogP contribution is 2.42. The molecule has 2 aromatic carbocycles. The van der Waals surface area contributed by atoms with Crippen LogP contribution in [0.1, 0.15) is 31.4 Å². The second-order valence-electron chi connectivity index (χ2n) is 8.29. The quantitative estimate of drug-likeness (QED) is 0.634. The average Bonchev–Trinajstić information content (AvgIpc) is 3.18. The first-order chi connectivity index (χ1) is 13.3. The first-order valence-corrected chi connectivity index (χ1v) is 10.0. The SMILES string of the molecule is CC1(C)CN(C(=O)C2CC(=O)N(c3cccc(N)c3)C2)c2ccc(CCl)cc21. The Morgan fingerprint density at radius 1 is 1.25 bits per heavy atom. The van der Waals surface area contributed by atoms with Gasteiger partial charge in [-0.2, -0.15) is 0 Å². The minimum Gasteiger partial charge on any atom is -0.399 e. The number of halogens is 1. The number of nitrogens with two attached hydrogens (primary N) is 1. The van der Waals surface area contributed by atoms with E-state index in [0.717, 1.165) is 22.5 Å². The summed E-state index contributed by atoms with van der Waals surface area (Å²) in [6.45, 7) is 5.26. The molecule has 0 bridgehead atoms. The number of fused-ring (bicyclic) bond motifs is 1. The molecule has 2 amide bonds. The van der Waals surface area contributed by atoms with Crippen molar-refractivity contribution < 1.29 is 9.59 Å². The lowest BCUT2D eigenvalue weighted by atomic mass is 9.86. The van der Waals surface area contributed by atoms with E-state index in [1.807, 2.05) is 29.2 Å². The van der Waals surface area contributed by atoms with E-state index in [1.54, 1.807) is 17.0 Å². The number of carbonyl (C=O) groups excluding carboxylic acids is 2. The molecule has 2 aliphatic rings. The van der Waals surface area contributed by atoms with Gasteiger partial charge >= 0.3 is 0 Å². The molecule has 0 saturated carbocycles. The molecule has 0 aromatic heterocycles. The van der Waals surface area contributed by atoms with E-state index in [1.165, 1.54) is 0 Å². The number of nitrogen functional groups attached to an aromatic ring is 1.